The molecule has 0 spiro atoms. The van der Waals surface area contributed by atoms with E-state index in [1.54, 1.807) is 7.11 Å². The Kier molecular flexibility index (Phi) is 6.47. The molecule has 0 amide bonds. The Morgan fingerprint density at radius 3 is 2.83 bits per heavy atom. The van der Waals surface area contributed by atoms with Crippen molar-refractivity contribution < 1.29 is 13.2 Å². The van der Waals surface area contributed by atoms with Crippen molar-refractivity contribution in [3.63, 3.8) is 0 Å². The third kappa shape index (κ3) is 5.17. The van der Waals surface area contributed by atoms with Crippen LogP contribution in [0.5, 0.6) is 0 Å². The molecule has 104 valence electrons. The number of thiazole rings is 1. The summed E-state index contributed by atoms with van der Waals surface area (Å²) in [6, 6.07) is 0. The largest absolute Gasteiger partial charge is 0.383 e. The summed E-state index contributed by atoms with van der Waals surface area (Å²) in [4.78, 5) is 5.68. The minimum Gasteiger partial charge on any atom is -0.383 e. The third-order valence-corrected chi connectivity index (χ3v) is 5.22. The molecule has 0 aromatic carbocycles. The molecule has 0 saturated carbocycles. The fraction of sp³-hybridized carbons (Fsp3) is 0.667. The molecule has 0 unspecified atom stereocenters. The Balaban J connectivity index is 2.39. The molecule has 9 heteroatoms. The van der Waals surface area contributed by atoms with Crippen molar-refractivity contribution in [1.82, 2.24) is 14.6 Å². The van der Waals surface area contributed by atoms with Gasteiger partial charge in [-0.15, -0.1) is 0 Å². The van der Waals surface area contributed by atoms with Gasteiger partial charge in [-0.2, -0.15) is 0 Å². The van der Waals surface area contributed by atoms with Crippen molar-refractivity contribution in [1.29, 1.82) is 0 Å². The summed E-state index contributed by atoms with van der Waals surface area (Å²) in [5, 5.41) is 0. The van der Waals surface area contributed by atoms with Crippen LogP contribution in [0.1, 0.15) is 0 Å². The van der Waals surface area contributed by atoms with Crippen LogP contribution in [0.2, 0.25) is 4.47 Å². The molecule has 1 aromatic rings. The summed E-state index contributed by atoms with van der Waals surface area (Å²) < 4.78 is 31.4. The molecule has 6 nitrogen and oxygen atoms in total. The van der Waals surface area contributed by atoms with E-state index in [1.807, 2.05) is 11.9 Å². The average molecular weight is 314 g/mol. The van der Waals surface area contributed by atoms with Gasteiger partial charge in [0.2, 0.25) is 0 Å². The summed E-state index contributed by atoms with van der Waals surface area (Å²) in [5.74, 6) is 0. The minimum atomic E-state index is -3.49. The van der Waals surface area contributed by atoms with Gasteiger partial charge in [-0.3, -0.25) is 0 Å². The fourth-order valence-corrected chi connectivity index (χ4v) is 3.52. The van der Waals surface area contributed by atoms with Gasteiger partial charge in [0.15, 0.2) is 8.68 Å². The van der Waals surface area contributed by atoms with E-state index in [-0.39, 0.29) is 8.68 Å². The number of hydrogen-bond acceptors (Lipinski definition) is 6. The number of nitrogens with zero attached hydrogens (tertiary/aromatic N) is 2. The van der Waals surface area contributed by atoms with E-state index in [2.05, 4.69) is 9.71 Å². The number of hydrogen-bond donors (Lipinski definition) is 1. The monoisotopic (exact) mass is 313 g/mol. The van der Waals surface area contributed by atoms with Crippen LogP contribution < -0.4 is 4.72 Å². The summed E-state index contributed by atoms with van der Waals surface area (Å²) >= 11 is 6.54. The van der Waals surface area contributed by atoms with Crippen LogP contribution in [0.25, 0.3) is 0 Å². The molecule has 1 heterocycles. The van der Waals surface area contributed by atoms with Crippen molar-refractivity contribution in [3.8, 4) is 0 Å². The molecule has 0 aliphatic carbocycles. The van der Waals surface area contributed by atoms with Gasteiger partial charge in [0, 0.05) is 26.7 Å². The molecule has 1 aromatic heterocycles. The highest BCUT2D eigenvalue weighted by Crippen LogP contribution is 2.21. The molecule has 0 atom stereocenters. The first kappa shape index (κ1) is 15.8. The summed E-state index contributed by atoms with van der Waals surface area (Å²) in [6.07, 6.45) is 1.25. The van der Waals surface area contributed by atoms with Crippen molar-refractivity contribution in [2.45, 2.75) is 4.21 Å². The van der Waals surface area contributed by atoms with Gasteiger partial charge < -0.3 is 9.64 Å². The molecule has 0 saturated heterocycles. The number of ether oxygens (including phenoxy) is 1. The van der Waals surface area contributed by atoms with Gasteiger partial charge in [0.05, 0.1) is 12.8 Å². The number of likely N-dealkylation sites (N-methyl/N-ethyl adjacent to an activating group) is 1. The standard InChI is InChI=1S/C9H16ClN3O3S2/c1-13(5-6-16-2)4-3-12-18(14,15)8-7-11-9(10)17-8/h7,12H,3-6H2,1-2H3. The first-order chi connectivity index (χ1) is 8.45. The molecule has 18 heavy (non-hydrogen) atoms. The fourth-order valence-electron chi connectivity index (χ4n) is 1.16. The van der Waals surface area contributed by atoms with Gasteiger partial charge >= 0.3 is 0 Å². The normalized spacial score (nSPS) is 12.2. The van der Waals surface area contributed by atoms with E-state index < -0.39 is 10.0 Å². The van der Waals surface area contributed by atoms with Gasteiger partial charge in [-0.1, -0.05) is 22.9 Å². The highest BCUT2D eigenvalue weighted by atomic mass is 35.5. The highest BCUT2D eigenvalue weighted by molar-refractivity contribution is 7.91. The number of sulfonamides is 1. The first-order valence-electron chi connectivity index (χ1n) is 5.24. The lowest BCUT2D eigenvalue weighted by Gasteiger charge is -2.15. The quantitative estimate of drug-likeness (QED) is 0.763. The smallest absolute Gasteiger partial charge is 0.251 e. The zero-order valence-corrected chi connectivity index (χ0v) is 12.6. The molecule has 0 radical (unpaired) electrons. The molecular weight excluding hydrogens is 298 g/mol. The lowest BCUT2D eigenvalue weighted by molar-refractivity contribution is 0.162. The van der Waals surface area contributed by atoms with E-state index in [0.717, 1.165) is 17.9 Å². The Morgan fingerprint density at radius 1 is 1.56 bits per heavy atom. The Labute approximate surface area is 116 Å². The van der Waals surface area contributed by atoms with Gasteiger partial charge in [0.25, 0.3) is 10.0 Å². The van der Waals surface area contributed by atoms with Crippen LogP contribution in [-0.2, 0) is 14.8 Å². The average Bonchev–Trinajstić information content (AvgIpc) is 2.73. The van der Waals surface area contributed by atoms with Gasteiger partial charge in [-0.05, 0) is 7.05 Å². The van der Waals surface area contributed by atoms with E-state index in [1.165, 1.54) is 6.20 Å². The van der Waals surface area contributed by atoms with Crippen LogP contribution in [-0.4, -0.2) is 58.7 Å². The predicted molar refractivity (Wildman–Crippen MR) is 71.7 cm³/mol. The van der Waals surface area contributed by atoms with E-state index >= 15 is 0 Å². The zero-order chi connectivity index (χ0) is 13.6. The van der Waals surface area contributed by atoms with Crippen molar-refractivity contribution in [3.05, 3.63) is 10.7 Å². The minimum absolute atomic E-state index is 0.132. The number of nitrogens with one attached hydrogen (secondary N) is 1. The second-order valence-electron chi connectivity index (χ2n) is 3.63. The van der Waals surface area contributed by atoms with Crippen LogP contribution in [0.15, 0.2) is 10.4 Å². The lowest BCUT2D eigenvalue weighted by atomic mass is 10.5. The van der Waals surface area contributed by atoms with E-state index in [4.69, 9.17) is 16.3 Å². The van der Waals surface area contributed by atoms with Crippen molar-refractivity contribution in [2.75, 3.05) is 40.4 Å². The highest BCUT2D eigenvalue weighted by Gasteiger charge is 2.16. The number of halogens is 1. The lowest BCUT2D eigenvalue weighted by Crippen LogP contribution is -2.34. The molecule has 0 aliphatic heterocycles. The number of rotatable bonds is 8. The SMILES string of the molecule is COCCN(C)CCNS(=O)(=O)c1cnc(Cl)s1. The number of methoxy groups -OCH3 is 1. The van der Waals surface area contributed by atoms with Crippen LogP contribution in [0.4, 0.5) is 0 Å². The van der Waals surface area contributed by atoms with Crippen LogP contribution >= 0.6 is 22.9 Å². The van der Waals surface area contributed by atoms with Crippen LogP contribution in [0, 0.1) is 0 Å². The maximum atomic E-state index is 11.8. The third-order valence-electron chi connectivity index (χ3n) is 2.18. The van der Waals surface area contributed by atoms with E-state index in [9.17, 15) is 8.42 Å². The molecule has 0 fully saturated rings. The van der Waals surface area contributed by atoms with Gasteiger partial charge in [-0.25, -0.2) is 18.1 Å². The van der Waals surface area contributed by atoms with Crippen molar-refractivity contribution >= 4 is 33.0 Å². The topological polar surface area (TPSA) is 71.5 Å². The summed E-state index contributed by atoms with van der Waals surface area (Å²) in [6.45, 7) is 2.31. The molecular formula is C9H16ClN3O3S2. The zero-order valence-electron chi connectivity index (χ0n) is 10.2. The van der Waals surface area contributed by atoms with Crippen molar-refractivity contribution in [2.24, 2.45) is 0 Å². The Morgan fingerprint density at radius 2 is 2.28 bits per heavy atom. The predicted octanol–water partition coefficient (Wildman–Crippen LogP) is 0.653. The second kappa shape index (κ2) is 7.37. The molecule has 1 N–H and O–H groups in total. The molecule has 0 aliphatic rings. The maximum Gasteiger partial charge on any atom is 0.251 e. The van der Waals surface area contributed by atoms with Gasteiger partial charge in [0.1, 0.15) is 0 Å². The van der Waals surface area contributed by atoms with E-state index in [0.29, 0.717) is 19.7 Å². The Hall–Kier alpha value is -0.250. The number of aromatic nitrogens is 1. The Bertz CT molecular complexity index is 463. The summed E-state index contributed by atoms with van der Waals surface area (Å²) in [5.41, 5.74) is 0. The second-order valence-corrected chi connectivity index (χ2v) is 7.23. The summed E-state index contributed by atoms with van der Waals surface area (Å²) in [7, 11) is 0.0368. The van der Waals surface area contributed by atoms with Crippen LogP contribution in [0.3, 0.4) is 0 Å². The molecule has 1 rings (SSSR count). The maximum absolute atomic E-state index is 11.8. The first-order valence-corrected chi connectivity index (χ1v) is 7.92. The molecule has 0 bridgehead atoms.